The Morgan fingerprint density at radius 2 is 1.88 bits per heavy atom. The summed E-state index contributed by atoms with van der Waals surface area (Å²) < 4.78 is 13.5. The van der Waals surface area contributed by atoms with Crippen molar-refractivity contribution in [3.63, 3.8) is 0 Å². The molecule has 0 radical (unpaired) electrons. The van der Waals surface area contributed by atoms with Gasteiger partial charge < -0.3 is 5.32 Å². The molecule has 1 heterocycles. The minimum absolute atomic E-state index is 0.134. The third-order valence-corrected chi connectivity index (χ3v) is 3.70. The average Bonchev–Trinajstić information content (AvgIpc) is 2.70. The second-order valence-corrected chi connectivity index (χ2v) is 5.02. The summed E-state index contributed by atoms with van der Waals surface area (Å²) in [4.78, 5) is 0. The van der Waals surface area contributed by atoms with E-state index in [1.165, 1.54) is 17.2 Å². The number of halogens is 1. The Balaban J connectivity index is 1.94. The third-order valence-electron chi connectivity index (χ3n) is 2.79. The predicted octanol–water partition coefficient (Wildman–Crippen LogP) is 3.79. The highest BCUT2D eigenvalue weighted by Gasteiger charge is 2.03. The summed E-state index contributed by atoms with van der Waals surface area (Å²) in [6.07, 6.45) is 0. The molecule has 1 aromatic heterocycles. The fourth-order valence-electron chi connectivity index (χ4n) is 1.74. The van der Waals surface area contributed by atoms with Crippen LogP contribution in [0.4, 0.5) is 4.39 Å². The molecule has 0 atom stereocenters. The van der Waals surface area contributed by atoms with Crippen LogP contribution >= 0.6 is 11.3 Å². The molecule has 0 spiro atoms. The summed E-state index contributed by atoms with van der Waals surface area (Å²) in [7, 11) is 0. The maximum absolute atomic E-state index is 13.5. The first-order valence-electron chi connectivity index (χ1n) is 5.64. The average molecular weight is 249 g/mol. The lowest BCUT2D eigenvalue weighted by Gasteiger charge is -2.07. The molecule has 0 saturated heterocycles. The van der Waals surface area contributed by atoms with Crippen molar-refractivity contribution in [2.75, 3.05) is 0 Å². The Kier molecular flexibility index (Phi) is 3.92. The Bertz CT molecular complexity index is 505. The van der Waals surface area contributed by atoms with Crippen LogP contribution in [-0.4, -0.2) is 0 Å². The van der Waals surface area contributed by atoms with Gasteiger partial charge in [0.15, 0.2) is 0 Å². The van der Waals surface area contributed by atoms with Crippen molar-refractivity contribution in [2.45, 2.75) is 26.9 Å². The number of nitrogens with one attached hydrogen (secondary N) is 1. The molecule has 3 heteroatoms. The van der Waals surface area contributed by atoms with Crippen LogP contribution in [0, 0.1) is 19.7 Å². The normalized spacial score (nSPS) is 10.8. The van der Waals surface area contributed by atoms with Crippen molar-refractivity contribution in [1.82, 2.24) is 5.32 Å². The predicted molar refractivity (Wildman–Crippen MR) is 70.7 cm³/mol. The monoisotopic (exact) mass is 249 g/mol. The van der Waals surface area contributed by atoms with E-state index < -0.39 is 0 Å². The number of aryl methyl sites for hydroxylation is 2. The zero-order valence-corrected chi connectivity index (χ0v) is 10.9. The first kappa shape index (κ1) is 12.3. The molecule has 1 aromatic carbocycles. The fraction of sp³-hybridized carbons (Fsp3) is 0.286. The van der Waals surface area contributed by atoms with Crippen LogP contribution in [0.2, 0.25) is 0 Å². The highest BCUT2D eigenvalue weighted by atomic mass is 32.1. The second-order valence-electron chi connectivity index (χ2n) is 4.28. The van der Waals surface area contributed by atoms with Gasteiger partial charge in [-0.3, -0.25) is 0 Å². The maximum Gasteiger partial charge on any atom is 0.127 e. The van der Waals surface area contributed by atoms with Gasteiger partial charge in [0, 0.05) is 18.7 Å². The van der Waals surface area contributed by atoms with Crippen LogP contribution in [0.1, 0.15) is 22.3 Å². The van der Waals surface area contributed by atoms with Crippen molar-refractivity contribution in [1.29, 1.82) is 0 Å². The molecule has 0 bridgehead atoms. The van der Waals surface area contributed by atoms with E-state index in [0.717, 1.165) is 17.7 Å². The zero-order chi connectivity index (χ0) is 12.3. The van der Waals surface area contributed by atoms with Crippen LogP contribution in [0.25, 0.3) is 0 Å². The smallest absolute Gasteiger partial charge is 0.127 e. The molecule has 0 fully saturated rings. The second kappa shape index (κ2) is 5.43. The number of rotatable bonds is 4. The molecule has 0 saturated carbocycles. The van der Waals surface area contributed by atoms with E-state index in [4.69, 9.17) is 0 Å². The summed E-state index contributed by atoms with van der Waals surface area (Å²) in [6, 6.07) is 5.22. The number of hydrogen-bond acceptors (Lipinski definition) is 2. The van der Waals surface area contributed by atoms with Crippen LogP contribution in [-0.2, 0) is 13.1 Å². The SMILES string of the molecule is Cc1ccc(F)c(CNCc2cscc2C)c1. The molecule has 2 aromatic rings. The van der Waals surface area contributed by atoms with E-state index in [-0.39, 0.29) is 5.82 Å². The highest BCUT2D eigenvalue weighted by molar-refractivity contribution is 7.08. The van der Waals surface area contributed by atoms with E-state index in [9.17, 15) is 4.39 Å². The van der Waals surface area contributed by atoms with Crippen molar-refractivity contribution in [3.05, 3.63) is 57.0 Å². The molecule has 1 N–H and O–H groups in total. The lowest BCUT2D eigenvalue weighted by Crippen LogP contribution is -2.14. The summed E-state index contributed by atoms with van der Waals surface area (Å²) in [5, 5.41) is 7.54. The zero-order valence-electron chi connectivity index (χ0n) is 10.1. The Hall–Kier alpha value is -1.19. The number of hydrogen-bond donors (Lipinski definition) is 1. The largest absolute Gasteiger partial charge is 0.308 e. The van der Waals surface area contributed by atoms with Gasteiger partial charge in [-0.15, -0.1) is 0 Å². The number of thiophene rings is 1. The topological polar surface area (TPSA) is 12.0 Å². The van der Waals surface area contributed by atoms with Gasteiger partial charge in [0.05, 0.1) is 0 Å². The molecular weight excluding hydrogens is 233 g/mol. The first-order valence-corrected chi connectivity index (χ1v) is 6.58. The summed E-state index contributed by atoms with van der Waals surface area (Å²) in [6.45, 7) is 5.44. The van der Waals surface area contributed by atoms with E-state index in [0.29, 0.717) is 6.54 Å². The summed E-state index contributed by atoms with van der Waals surface area (Å²) in [5.74, 6) is -0.134. The van der Waals surface area contributed by atoms with Gasteiger partial charge in [-0.25, -0.2) is 4.39 Å². The standard InChI is InChI=1S/C14H16FNS/c1-10-3-4-14(15)12(5-10)6-16-7-13-9-17-8-11(13)2/h3-5,8-9,16H,6-7H2,1-2H3. The van der Waals surface area contributed by atoms with Crippen molar-refractivity contribution < 1.29 is 4.39 Å². The van der Waals surface area contributed by atoms with Crippen molar-refractivity contribution >= 4 is 11.3 Å². The Morgan fingerprint density at radius 1 is 1.12 bits per heavy atom. The van der Waals surface area contributed by atoms with Gasteiger partial charge in [-0.1, -0.05) is 17.7 Å². The summed E-state index contributed by atoms with van der Waals surface area (Å²) >= 11 is 1.70. The van der Waals surface area contributed by atoms with E-state index >= 15 is 0 Å². The lowest BCUT2D eigenvalue weighted by atomic mass is 10.1. The number of benzene rings is 1. The molecule has 17 heavy (non-hydrogen) atoms. The first-order chi connectivity index (χ1) is 8.16. The molecule has 0 aliphatic rings. The maximum atomic E-state index is 13.5. The van der Waals surface area contributed by atoms with Crippen molar-refractivity contribution in [2.24, 2.45) is 0 Å². The van der Waals surface area contributed by atoms with Gasteiger partial charge in [0.1, 0.15) is 5.82 Å². The molecule has 1 nitrogen and oxygen atoms in total. The highest BCUT2D eigenvalue weighted by Crippen LogP contribution is 2.14. The third kappa shape index (κ3) is 3.14. The van der Waals surface area contributed by atoms with Crippen LogP contribution in [0.5, 0.6) is 0 Å². The molecule has 0 aliphatic heterocycles. The minimum atomic E-state index is -0.134. The quantitative estimate of drug-likeness (QED) is 0.869. The Labute approximate surface area is 105 Å². The molecule has 2 rings (SSSR count). The Morgan fingerprint density at radius 3 is 2.59 bits per heavy atom. The molecule has 0 unspecified atom stereocenters. The van der Waals surface area contributed by atoms with Gasteiger partial charge in [-0.2, -0.15) is 11.3 Å². The lowest BCUT2D eigenvalue weighted by molar-refractivity contribution is 0.587. The van der Waals surface area contributed by atoms with E-state index in [1.807, 2.05) is 13.0 Å². The van der Waals surface area contributed by atoms with Gasteiger partial charge in [0.25, 0.3) is 0 Å². The minimum Gasteiger partial charge on any atom is -0.308 e. The van der Waals surface area contributed by atoms with Gasteiger partial charge >= 0.3 is 0 Å². The summed E-state index contributed by atoms with van der Waals surface area (Å²) in [5.41, 5.74) is 4.42. The van der Waals surface area contributed by atoms with Gasteiger partial charge in [-0.05, 0) is 41.8 Å². The molecular formula is C14H16FNS. The van der Waals surface area contributed by atoms with Gasteiger partial charge in [0.2, 0.25) is 0 Å². The fourth-order valence-corrected chi connectivity index (χ4v) is 2.60. The van der Waals surface area contributed by atoms with Crippen molar-refractivity contribution in [3.8, 4) is 0 Å². The van der Waals surface area contributed by atoms with Crippen LogP contribution in [0.15, 0.2) is 29.0 Å². The van der Waals surface area contributed by atoms with E-state index in [1.54, 1.807) is 17.4 Å². The molecule has 90 valence electrons. The molecule has 0 aliphatic carbocycles. The molecule has 0 amide bonds. The van der Waals surface area contributed by atoms with Crippen LogP contribution in [0.3, 0.4) is 0 Å². The van der Waals surface area contributed by atoms with E-state index in [2.05, 4.69) is 23.0 Å². The van der Waals surface area contributed by atoms with Crippen LogP contribution < -0.4 is 5.32 Å².